The van der Waals surface area contributed by atoms with Crippen molar-refractivity contribution >= 4 is 16.3 Å². The number of hydrogen-bond donors (Lipinski definition) is 1. The van der Waals surface area contributed by atoms with E-state index in [0.717, 1.165) is 11.3 Å². The minimum atomic E-state index is 0.273. The lowest BCUT2D eigenvalue weighted by Crippen LogP contribution is -1.82. The SMILES string of the molecule is N#Cc1n[c]sc1N. The van der Waals surface area contributed by atoms with Crippen LogP contribution in [0.1, 0.15) is 5.69 Å². The summed E-state index contributed by atoms with van der Waals surface area (Å²) in [4.78, 5) is 3.54. The van der Waals surface area contributed by atoms with Crippen molar-refractivity contribution in [3.05, 3.63) is 11.2 Å². The van der Waals surface area contributed by atoms with Crippen molar-refractivity contribution in [2.75, 3.05) is 5.73 Å². The van der Waals surface area contributed by atoms with Crippen molar-refractivity contribution in [3.8, 4) is 6.07 Å². The summed E-state index contributed by atoms with van der Waals surface area (Å²) >= 11 is 1.15. The first kappa shape index (κ1) is 5.06. The van der Waals surface area contributed by atoms with Crippen LogP contribution in [0.5, 0.6) is 0 Å². The van der Waals surface area contributed by atoms with Crippen LogP contribution in [0.25, 0.3) is 0 Å². The molecule has 1 radical (unpaired) electrons. The molecule has 0 aromatic carbocycles. The number of nitrogens with zero attached hydrogens (tertiary/aromatic N) is 2. The van der Waals surface area contributed by atoms with Crippen molar-refractivity contribution in [1.29, 1.82) is 5.26 Å². The van der Waals surface area contributed by atoms with E-state index in [-0.39, 0.29) is 5.69 Å². The molecule has 0 amide bonds. The lowest BCUT2D eigenvalue weighted by Gasteiger charge is -1.75. The van der Waals surface area contributed by atoms with Gasteiger partial charge in [0.1, 0.15) is 11.1 Å². The molecule has 0 saturated heterocycles. The normalized spacial score (nSPS) is 8.38. The lowest BCUT2D eigenvalue weighted by molar-refractivity contribution is 1.33. The van der Waals surface area contributed by atoms with E-state index in [1.807, 2.05) is 6.07 Å². The molecule has 0 spiro atoms. The highest BCUT2D eigenvalue weighted by molar-refractivity contribution is 7.13. The van der Waals surface area contributed by atoms with Gasteiger partial charge < -0.3 is 5.73 Å². The van der Waals surface area contributed by atoms with E-state index in [1.54, 1.807) is 0 Å². The molecule has 1 heterocycles. The summed E-state index contributed by atoms with van der Waals surface area (Å²) in [6.07, 6.45) is 0. The minimum absolute atomic E-state index is 0.273. The highest BCUT2D eigenvalue weighted by atomic mass is 32.1. The quantitative estimate of drug-likeness (QED) is 0.544. The second-order valence-corrected chi connectivity index (χ2v) is 1.96. The van der Waals surface area contributed by atoms with E-state index in [2.05, 4.69) is 10.5 Å². The van der Waals surface area contributed by atoms with Crippen molar-refractivity contribution < 1.29 is 0 Å². The molecule has 0 atom stereocenters. The van der Waals surface area contributed by atoms with Gasteiger partial charge in [-0.2, -0.15) is 5.26 Å². The van der Waals surface area contributed by atoms with Gasteiger partial charge in [-0.1, -0.05) is 11.3 Å². The molecule has 1 aromatic rings. The summed E-state index contributed by atoms with van der Waals surface area (Å²) in [5, 5.41) is 8.64. The molecule has 2 N–H and O–H groups in total. The molecule has 0 aliphatic carbocycles. The van der Waals surface area contributed by atoms with Gasteiger partial charge in [0.05, 0.1) is 0 Å². The van der Waals surface area contributed by atoms with Crippen LogP contribution >= 0.6 is 11.3 Å². The zero-order chi connectivity index (χ0) is 5.98. The highest BCUT2D eigenvalue weighted by Gasteiger charge is 1.97. The molecule has 0 fully saturated rings. The third kappa shape index (κ3) is 0.634. The Balaban J connectivity index is 3.15. The van der Waals surface area contributed by atoms with Gasteiger partial charge in [0.15, 0.2) is 11.2 Å². The Bertz CT molecular complexity index is 221. The number of anilines is 1. The van der Waals surface area contributed by atoms with Crippen molar-refractivity contribution in [3.63, 3.8) is 0 Å². The number of nitrogens with two attached hydrogens (primary N) is 1. The monoisotopic (exact) mass is 124 g/mol. The zero-order valence-electron chi connectivity index (χ0n) is 3.88. The molecular formula is C4H2N3S. The van der Waals surface area contributed by atoms with Crippen LogP contribution in [0.15, 0.2) is 0 Å². The fraction of sp³-hybridized carbons (Fsp3) is 0. The van der Waals surface area contributed by atoms with Crippen molar-refractivity contribution in [1.82, 2.24) is 4.98 Å². The Labute approximate surface area is 50.4 Å². The number of aromatic nitrogens is 1. The van der Waals surface area contributed by atoms with Gasteiger partial charge in [-0.3, -0.25) is 0 Å². The fourth-order valence-electron chi connectivity index (χ4n) is 0.301. The first-order chi connectivity index (χ1) is 3.84. The first-order valence-electron chi connectivity index (χ1n) is 1.87. The zero-order valence-corrected chi connectivity index (χ0v) is 4.70. The summed E-state index contributed by atoms with van der Waals surface area (Å²) < 4.78 is 0. The van der Waals surface area contributed by atoms with Crippen LogP contribution in [0.2, 0.25) is 0 Å². The lowest BCUT2D eigenvalue weighted by atomic mass is 10.5. The molecule has 0 aliphatic heterocycles. The third-order valence-corrected chi connectivity index (χ3v) is 1.25. The molecule has 8 heavy (non-hydrogen) atoms. The Morgan fingerprint density at radius 3 is 2.88 bits per heavy atom. The summed E-state index contributed by atoms with van der Waals surface area (Å²) in [7, 11) is 0. The predicted molar refractivity (Wildman–Crippen MR) is 30.1 cm³/mol. The molecule has 1 rings (SSSR count). The molecule has 4 heteroatoms. The smallest absolute Gasteiger partial charge is 0.175 e. The topological polar surface area (TPSA) is 62.7 Å². The van der Waals surface area contributed by atoms with Crippen LogP contribution in [-0.4, -0.2) is 4.98 Å². The summed E-state index contributed by atoms with van der Waals surface area (Å²) in [5.41, 5.74) is 8.02. The Morgan fingerprint density at radius 1 is 1.88 bits per heavy atom. The van der Waals surface area contributed by atoms with E-state index >= 15 is 0 Å². The number of hydrogen-bond acceptors (Lipinski definition) is 4. The fourth-order valence-corrected chi connectivity index (χ4v) is 0.724. The van der Waals surface area contributed by atoms with E-state index in [4.69, 9.17) is 11.0 Å². The van der Waals surface area contributed by atoms with Crippen molar-refractivity contribution in [2.45, 2.75) is 0 Å². The van der Waals surface area contributed by atoms with E-state index in [1.165, 1.54) is 0 Å². The largest absolute Gasteiger partial charge is 0.388 e. The number of rotatable bonds is 0. The third-order valence-electron chi connectivity index (χ3n) is 0.652. The molecule has 0 unspecified atom stereocenters. The number of nitriles is 1. The number of nitrogen functional groups attached to an aromatic ring is 1. The summed E-state index contributed by atoms with van der Waals surface area (Å²) in [5.74, 6) is 0. The number of thiazole rings is 1. The molecular weight excluding hydrogens is 122 g/mol. The van der Waals surface area contributed by atoms with Gasteiger partial charge in [-0.05, 0) is 0 Å². The molecule has 0 aliphatic rings. The molecule has 0 bridgehead atoms. The second kappa shape index (κ2) is 1.80. The maximum Gasteiger partial charge on any atom is 0.175 e. The van der Waals surface area contributed by atoms with Gasteiger partial charge in [0.25, 0.3) is 0 Å². The second-order valence-electron chi connectivity index (χ2n) is 1.13. The molecule has 1 aromatic heterocycles. The van der Waals surface area contributed by atoms with E-state index in [9.17, 15) is 0 Å². The van der Waals surface area contributed by atoms with Gasteiger partial charge in [0, 0.05) is 0 Å². The van der Waals surface area contributed by atoms with Crippen LogP contribution in [-0.2, 0) is 0 Å². The van der Waals surface area contributed by atoms with Gasteiger partial charge >= 0.3 is 0 Å². The Hall–Kier alpha value is -1.08. The van der Waals surface area contributed by atoms with Crippen LogP contribution in [0.4, 0.5) is 5.00 Å². The predicted octanol–water partition coefficient (Wildman–Crippen LogP) is 0.397. The highest BCUT2D eigenvalue weighted by Crippen LogP contribution is 2.12. The molecule has 39 valence electrons. The van der Waals surface area contributed by atoms with Crippen LogP contribution in [0, 0.1) is 16.8 Å². The minimum Gasteiger partial charge on any atom is -0.388 e. The Kier molecular flexibility index (Phi) is 1.14. The maximum absolute atomic E-state index is 8.20. The summed E-state index contributed by atoms with van der Waals surface area (Å²) in [6, 6.07) is 1.82. The Morgan fingerprint density at radius 2 is 2.62 bits per heavy atom. The average molecular weight is 124 g/mol. The van der Waals surface area contributed by atoms with E-state index < -0.39 is 0 Å². The van der Waals surface area contributed by atoms with E-state index in [0.29, 0.717) is 5.00 Å². The van der Waals surface area contributed by atoms with Crippen LogP contribution < -0.4 is 5.73 Å². The van der Waals surface area contributed by atoms with Crippen LogP contribution in [0.3, 0.4) is 0 Å². The first-order valence-corrected chi connectivity index (χ1v) is 2.68. The average Bonchev–Trinajstić information content (AvgIpc) is 2.14. The summed E-state index contributed by atoms with van der Waals surface area (Å²) in [6.45, 7) is 0. The van der Waals surface area contributed by atoms with Gasteiger partial charge in [-0.15, -0.1) is 0 Å². The van der Waals surface area contributed by atoms with Gasteiger partial charge in [-0.25, -0.2) is 4.98 Å². The van der Waals surface area contributed by atoms with Crippen molar-refractivity contribution in [2.24, 2.45) is 0 Å². The van der Waals surface area contributed by atoms with Gasteiger partial charge in [0.2, 0.25) is 0 Å². The standard InChI is InChI=1S/C4H2N3S/c5-1-3-4(6)8-2-7-3/h6H2. The molecule has 0 saturated carbocycles. The molecule has 3 nitrogen and oxygen atoms in total. The maximum atomic E-state index is 8.20.